The first kappa shape index (κ1) is 29.3. The number of nitrogens with zero attached hydrogens (tertiary/aromatic N) is 5. The van der Waals surface area contributed by atoms with Gasteiger partial charge in [0.2, 0.25) is 17.6 Å². The Morgan fingerprint density at radius 3 is 2.36 bits per heavy atom. The van der Waals surface area contributed by atoms with E-state index in [0.717, 1.165) is 22.5 Å². The number of aromatic nitrogens is 3. The number of ether oxygens (including phenoxy) is 4. The molecular formula is C28H34N6O7S. The van der Waals surface area contributed by atoms with Crippen molar-refractivity contribution in [2.45, 2.75) is 45.8 Å². The number of aliphatic hydroxyl groups is 1. The fourth-order valence-electron chi connectivity index (χ4n) is 5.11. The SMILES string of the molecule is CCOC(=O)c1sc(Nc2nc(N3CCC(O)CC3)c3c(n2)N(Cc2cc(OC)c(OC)c(OC)c2)C(=O)C3)nc1C. The molecule has 1 fully saturated rings. The summed E-state index contributed by atoms with van der Waals surface area (Å²) in [5.41, 5.74) is 2.01. The third-order valence-corrected chi connectivity index (χ3v) is 8.21. The molecular weight excluding hydrogens is 564 g/mol. The molecule has 0 radical (unpaired) electrons. The van der Waals surface area contributed by atoms with Crippen LogP contribution in [0.3, 0.4) is 0 Å². The Kier molecular flexibility index (Phi) is 8.64. The summed E-state index contributed by atoms with van der Waals surface area (Å²) in [7, 11) is 4.61. The molecule has 4 heterocycles. The van der Waals surface area contributed by atoms with Gasteiger partial charge in [-0.05, 0) is 44.4 Å². The van der Waals surface area contributed by atoms with Crippen molar-refractivity contribution in [2.75, 3.05) is 56.1 Å². The van der Waals surface area contributed by atoms with Crippen LogP contribution in [0, 0.1) is 6.92 Å². The molecule has 1 aromatic carbocycles. The number of thiazole rings is 1. The highest BCUT2D eigenvalue weighted by molar-refractivity contribution is 7.17. The number of amides is 1. The van der Waals surface area contributed by atoms with Gasteiger partial charge in [-0.3, -0.25) is 15.0 Å². The number of anilines is 4. The van der Waals surface area contributed by atoms with Gasteiger partial charge in [-0.1, -0.05) is 11.3 Å². The number of rotatable bonds is 10. The zero-order chi connectivity index (χ0) is 30.0. The lowest BCUT2D eigenvalue weighted by atomic mass is 10.1. The Hall–Kier alpha value is -4.17. The molecule has 0 atom stereocenters. The summed E-state index contributed by atoms with van der Waals surface area (Å²) < 4.78 is 21.6. The van der Waals surface area contributed by atoms with Crippen LogP contribution in [0.1, 0.15) is 46.3 Å². The van der Waals surface area contributed by atoms with Crippen molar-refractivity contribution in [1.82, 2.24) is 15.0 Å². The Morgan fingerprint density at radius 2 is 1.74 bits per heavy atom. The summed E-state index contributed by atoms with van der Waals surface area (Å²) in [5, 5.41) is 13.7. The number of hydrogen-bond donors (Lipinski definition) is 2. The number of hydrogen-bond acceptors (Lipinski definition) is 13. The van der Waals surface area contributed by atoms with Crippen LogP contribution in [0.15, 0.2) is 12.1 Å². The predicted octanol–water partition coefficient (Wildman–Crippen LogP) is 3.24. The lowest BCUT2D eigenvalue weighted by Gasteiger charge is -2.32. The van der Waals surface area contributed by atoms with Gasteiger partial charge >= 0.3 is 5.97 Å². The lowest BCUT2D eigenvalue weighted by Crippen LogP contribution is -2.37. The first-order valence-electron chi connectivity index (χ1n) is 13.6. The largest absolute Gasteiger partial charge is 0.493 e. The topological polar surface area (TPSA) is 148 Å². The van der Waals surface area contributed by atoms with Crippen LogP contribution in [0.25, 0.3) is 0 Å². The van der Waals surface area contributed by atoms with E-state index in [1.807, 2.05) is 0 Å². The molecule has 5 rings (SSSR count). The molecule has 42 heavy (non-hydrogen) atoms. The minimum Gasteiger partial charge on any atom is -0.493 e. The van der Waals surface area contributed by atoms with Gasteiger partial charge in [0.05, 0.1) is 52.7 Å². The van der Waals surface area contributed by atoms with Crippen LogP contribution in [-0.4, -0.2) is 79.1 Å². The highest BCUT2D eigenvalue weighted by atomic mass is 32.1. The van der Waals surface area contributed by atoms with Crippen molar-refractivity contribution in [3.63, 3.8) is 0 Å². The van der Waals surface area contributed by atoms with Crippen molar-refractivity contribution in [3.8, 4) is 17.2 Å². The van der Waals surface area contributed by atoms with Crippen LogP contribution in [0.5, 0.6) is 17.2 Å². The zero-order valence-corrected chi connectivity index (χ0v) is 25.0. The highest BCUT2D eigenvalue weighted by Gasteiger charge is 2.35. The van der Waals surface area contributed by atoms with E-state index in [0.29, 0.717) is 70.5 Å². The molecule has 2 aliphatic heterocycles. The van der Waals surface area contributed by atoms with Gasteiger partial charge in [0.1, 0.15) is 16.5 Å². The van der Waals surface area contributed by atoms with Crippen molar-refractivity contribution in [3.05, 3.63) is 33.8 Å². The second kappa shape index (κ2) is 12.4. The summed E-state index contributed by atoms with van der Waals surface area (Å²) in [4.78, 5) is 43.9. The summed E-state index contributed by atoms with van der Waals surface area (Å²) >= 11 is 1.15. The normalized spacial score (nSPS) is 15.0. The third kappa shape index (κ3) is 5.77. The number of carbonyl (C=O) groups is 2. The van der Waals surface area contributed by atoms with E-state index >= 15 is 0 Å². The summed E-state index contributed by atoms with van der Waals surface area (Å²) in [5.74, 6) is 2.20. The lowest BCUT2D eigenvalue weighted by molar-refractivity contribution is -0.117. The maximum atomic E-state index is 13.4. The molecule has 0 spiro atoms. The summed E-state index contributed by atoms with van der Waals surface area (Å²) in [6.45, 7) is 5.14. The Labute approximate surface area is 247 Å². The van der Waals surface area contributed by atoms with Gasteiger partial charge in [0, 0.05) is 18.7 Å². The van der Waals surface area contributed by atoms with Crippen molar-refractivity contribution < 1.29 is 33.6 Å². The molecule has 0 saturated carbocycles. The van der Waals surface area contributed by atoms with Gasteiger partial charge in [-0.25, -0.2) is 9.78 Å². The number of aliphatic hydroxyl groups excluding tert-OH is 1. The minimum absolute atomic E-state index is 0.127. The average Bonchev–Trinajstić information content (AvgIpc) is 3.50. The molecule has 0 aliphatic carbocycles. The Bertz CT molecular complexity index is 1460. The van der Waals surface area contributed by atoms with E-state index in [4.69, 9.17) is 28.9 Å². The standard InChI is InChI=1S/C28H34N6O7S/c1-6-41-26(37)23-15(2)29-28(42-23)32-27-30-24(33-9-7-17(35)8-10-33)18-13-21(36)34(25(18)31-27)14-16-11-19(38-3)22(40-5)20(12-16)39-4/h11-12,17,35H,6-10,13-14H2,1-5H3,(H,29,30,31,32). The molecule has 0 unspecified atom stereocenters. The summed E-state index contributed by atoms with van der Waals surface area (Å²) in [6.07, 6.45) is 0.961. The van der Waals surface area contributed by atoms with Crippen molar-refractivity contribution in [1.29, 1.82) is 0 Å². The summed E-state index contributed by atoms with van der Waals surface area (Å²) in [6, 6.07) is 3.60. The van der Waals surface area contributed by atoms with Gasteiger partial charge in [0.15, 0.2) is 16.6 Å². The van der Waals surface area contributed by atoms with Gasteiger partial charge in [-0.2, -0.15) is 9.97 Å². The molecule has 1 amide bonds. The predicted molar refractivity (Wildman–Crippen MR) is 157 cm³/mol. The van der Waals surface area contributed by atoms with Crippen LogP contribution in [0.2, 0.25) is 0 Å². The van der Waals surface area contributed by atoms with E-state index < -0.39 is 5.97 Å². The van der Waals surface area contributed by atoms with Gasteiger partial charge < -0.3 is 29.0 Å². The molecule has 14 heteroatoms. The number of aryl methyl sites for hydroxylation is 1. The fourth-order valence-corrected chi connectivity index (χ4v) is 5.96. The van der Waals surface area contributed by atoms with E-state index in [2.05, 4.69) is 15.2 Å². The first-order valence-corrected chi connectivity index (χ1v) is 14.4. The monoisotopic (exact) mass is 598 g/mol. The molecule has 2 aliphatic rings. The van der Waals surface area contributed by atoms with Crippen LogP contribution >= 0.6 is 11.3 Å². The van der Waals surface area contributed by atoms with E-state index in [1.54, 1.807) is 30.9 Å². The maximum absolute atomic E-state index is 13.4. The van der Waals surface area contributed by atoms with E-state index in [-0.39, 0.29) is 37.5 Å². The van der Waals surface area contributed by atoms with Crippen molar-refractivity contribution in [2.24, 2.45) is 0 Å². The Balaban J connectivity index is 1.53. The zero-order valence-electron chi connectivity index (χ0n) is 24.2. The first-order chi connectivity index (χ1) is 20.3. The maximum Gasteiger partial charge on any atom is 0.350 e. The van der Waals surface area contributed by atoms with E-state index in [9.17, 15) is 14.7 Å². The van der Waals surface area contributed by atoms with Crippen LogP contribution in [-0.2, 0) is 22.5 Å². The smallest absolute Gasteiger partial charge is 0.350 e. The molecule has 13 nitrogen and oxygen atoms in total. The highest BCUT2D eigenvalue weighted by Crippen LogP contribution is 2.41. The molecule has 0 bridgehead atoms. The quantitative estimate of drug-likeness (QED) is 0.330. The van der Waals surface area contributed by atoms with Crippen LogP contribution < -0.4 is 29.3 Å². The number of methoxy groups -OCH3 is 3. The van der Waals surface area contributed by atoms with Gasteiger partial charge in [0.25, 0.3) is 0 Å². The number of piperidine rings is 1. The molecule has 1 saturated heterocycles. The molecule has 2 aromatic heterocycles. The molecule has 224 valence electrons. The second-order valence-corrected chi connectivity index (χ2v) is 10.9. The molecule has 2 N–H and O–H groups in total. The number of esters is 1. The van der Waals surface area contributed by atoms with Crippen molar-refractivity contribution >= 4 is 45.9 Å². The number of nitrogens with one attached hydrogen (secondary N) is 1. The average molecular weight is 599 g/mol. The van der Waals surface area contributed by atoms with E-state index in [1.165, 1.54) is 21.3 Å². The number of carbonyl (C=O) groups excluding carboxylic acids is 2. The third-order valence-electron chi connectivity index (χ3n) is 7.15. The Morgan fingerprint density at radius 1 is 1.07 bits per heavy atom. The van der Waals surface area contributed by atoms with Crippen LogP contribution in [0.4, 0.5) is 22.7 Å². The molecule has 3 aromatic rings. The number of fused-ring (bicyclic) bond motifs is 1. The fraction of sp³-hybridized carbons (Fsp3) is 0.464. The number of benzene rings is 1. The second-order valence-electron chi connectivity index (χ2n) is 9.86. The minimum atomic E-state index is -0.440. The van der Waals surface area contributed by atoms with Gasteiger partial charge in [-0.15, -0.1) is 0 Å².